The first-order chi connectivity index (χ1) is 10.00. The third-order valence-corrected chi connectivity index (χ3v) is 4.52. The molecule has 0 unspecified atom stereocenters. The first-order valence-electron chi connectivity index (χ1n) is 6.08. The zero-order valence-corrected chi connectivity index (χ0v) is 12.2. The van der Waals surface area contributed by atoms with Gasteiger partial charge in [-0.2, -0.15) is 17.5 Å². The Bertz CT molecular complexity index is 658. The highest BCUT2D eigenvalue weighted by molar-refractivity contribution is 7.89. The predicted molar refractivity (Wildman–Crippen MR) is 68.1 cm³/mol. The lowest BCUT2D eigenvalue weighted by Gasteiger charge is -2.20. The van der Waals surface area contributed by atoms with Crippen LogP contribution in [0.25, 0.3) is 0 Å². The number of carboxylic acid groups (broad SMARTS) is 1. The van der Waals surface area contributed by atoms with Crippen LogP contribution in [0.3, 0.4) is 0 Å². The Morgan fingerprint density at radius 2 is 1.91 bits per heavy atom. The van der Waals surface area contributed by atoms with Crippen LogP contribution in [0.5, 0.6) is 0 Å². The van der Waals surface area contributed by atoms with Gasteiger partial charge >= 0.3 is 12.1 Å². The van der Waals surface area contributed by atoms with Gasteiger partial charge in [0.15, 0.2) is 0 Å². The van der Waals surface area contributed by atoms with E-state index in [0.717, 1.165) is 0 Å². The summed E-state index contributed by atoms with van der Waals surface area (Å²) in [5, 5.41) is 8.69. The standard InChI is InChI=1S/C12H13F4NO4S/c1-2-5-17(7-11(18)19)22(20,21)10-6-8(12(14,15)16)3-4-9(10)13/h3-4,6H,2,5,7H2,1H3,(H,18,19). The van der Waals surface area contributed by atoms with Crippen LogP contribution in [-0.4, -0.2) is 36.9 Å². The summed E-state index contributed by atoms with van der Waals surface area (Å²) in [5.74, 6) is -2.87. The smallest absolute Gasteiger partial charge is 0.416 e. The van der Waals surface area contributed by atoms with Crippen LogP contribution in [0.2, 0.25) is 0 Å². The van der Waals surface area contributed by atoms with Crippen LogP contribution >= 0.6 is 0 Å². The van der Waals surface area contributed by atoms with Gasteiger partial charge in [0, 0.05) is 6.54 Å². The number of alkyl halides is 3. The molecular weight excluding hydrogens is 330 g/mol. The van der Waals surface area contributed by atoms with Crippen molar-refractivity contribution in [2.75, 3.05) is 13.1 Å². The molecule has 22 heavy (non-hydrogen) atoms. The minimum Gasteiger partial charge on any atom is -0.480 e. The Kier molecular flexibility index (Phi) is 5.52. The molecule has 0 amide bonds. The molecule has 0 aliphatic heterocycles. The molecular formula is C12H13F4NO4S. The molecule has 0 atom stereocenters. The van der Waals surface area contributed by atoms with E-state index in [1.54, 1.807) is 6.92 Å². The highest BCUT2D eigenvalue weighted by Gasteiger charge is 2.35. The van der Waals surface area contributed by atoms with Crippen LogP contribution in [0, 0.1) is 5.82 Å². The fraction of sp³-hybridized carbons (Fsp3) is 0.417. The monoisotopic (exact) mass is 343 g/mol. The molecule has 0 aliphatic rings. The van der Waals surface area contributed by atoms with E-state index in [1.165, 1.54) is 0 Å². The molecule has 0 bridgehead atoms. The van der Waals surface area contributed by atoms with Gasteiger partial charge in [0.25, 0.3) is 0 Å². The summed E-state index contributed by atoms with van der Waals surface area (Å²) in [5.41, 5.74) is -1.33. The van der Waals surface area contributed by atoms with E-state index in [2.05, 4.69) is 0 Å². The maximum Gasteiger partial charge on any atom is 0.416 e. The Morgan fingerprint density at radius 1 is 1.32 bits per heavy atom. The molecule has 0 saturated heterocycles. The number of halogens is 4. The van der Waals surface area contributed by atoms with Crippen LogP contribution in [0.15, 0.2) is 23.1 Å². The summed E-state index contributed by atoms with van der Waals surface area (Å²) < 4.78 is 76.4. The fourth-order valence-electron chi connectivity index (χ4n) is 1.70. The number of carboxylic acids is 1. The zero-order chi connectivity index (χ0) is 17.1. The van der Waals surface area contributed by atoms with E-state index in [-0.39, 0.29) is 19.0 Å². The van der Waals surface area contributed by atoms with E-state index >= 15 is 0 Å². The number of sulfonamides is 1. The SMILES string of the molecule is CCCN(CC(=O)O)S(=O)(=O)c1cc(C(F)(F)F)ccc1F. The molecule has 1 aromatic rings. The Hall–Kier alpha value is -1.68. The highest BCUT2D eigenvalue weighted by Crippen LogP contribution is 2.32. The topological polar surface area (TPSA) is 74.7 Å². The second-order valence-corrected chi connectivity index (χ2v) is 6.28. The lowest BCUT2D eigenvalue weighted by Crippen LogP contribution is -2.36. The van der Waals surface area contributed by atoms with E-state index in [1.807, 2.05) is 0 Å². The molecule has 0 saturated carbocycles. The summed E-state index contributed by atoms with van der Waals surface area (Å²) in [6.45, 7) is 0.322. The Labute approximate surface area is 124 Å². The summed E-state index contributed by atoms with van der Waals surface area (Å²) in [6.07, 6.45) is -4.63. The largest absolute Gasteiger partial charge is 0.480 e. The van der Waals surface area contributed by atoms with Gasteiger partial charge in [-0.25, -0.2) is 12.8 Å². The molecule has 0 radical (unpaired) electrons. The maximum absolute atomic E-state index is 13.7. The van der Waals surface area contributed by atoms with Gasteiger partial charge in [0.1, 0.15) is 17.3 Å². The molecule has 1 aromatic carbocycles. The van der Waals surface area contributed by atoms with Crippen molar-refractivity contribution in [3.63, 3.8) is 0 Å². The molecule has 0 aromatic heterocycles. The van der Waals surface area contributed by atoms with Crippen molar-refractivity contribution in [2.45, 2.75) is 24.4 Å². The number of hydrogen-bond donors (Lipinski definition) is 1. The van der Waals surface area contributed by atoms with Crippen LogP contribution in [0.4, 0.5) is 17.6 Å². The third-order valence-electron chi connectivity index (χ3n) is 2.66. The molecule has 5 nitrogen and oxygen atoms in total. The van der Waals surface area contributed by atoms with Crippen molar-refractivity contribution in [3.05, 3.63) is 29.6 Å². The number of carbonyl (C=O) groups is 1. The van der Waals surface area contributed by atoms with Gasteiger partial charge in [0.2, 0.25) is 10.0 Å². The minimum absolute atomic E-state index is 0.162. The van der Waals surface area contributed by atoms with Crippen LogP contribution in [0.1, 0.15) is 18.9 Å². The zero-order valence-electron chi connectivity index (χ0n) is 11.4. The first kappa shape index (κ1) is 18.4. The number of aliphatic carboxylic acids is 1. The van der Waals surface area contributed by atoms with Crippen molar-refractivity contribution >= 4 is 16.0 Å². The van der Waals surface area contributed by atoms with E-state index in [4.69, 9.17) is 5.11 Å². The average molecular weight is 343 g/mol. The molecule has 10 heteroatoms. The van der Waals surface area contributed by atoms with Crippen LogP contribution in [-0.2, 0) is 21.0 Å². The van der Waals surface area contributed by atoms with Gasteiger partial charge in [-0.3, -0.25) is 4.79 Å². The van der Waals surface area contributed by atoms with Gasteiger partial charge in [0.05, 0.1) is 5.56 Å². The Morgan fingerprint density at radius 3 is 2.36 bits per heavy atom. The lowest BCUT2D eigenvalue weighted by molar-refractivity contribution is -0.138. The summed E-state index contributed by atoms with van der Waals surface area (Å²) in [4.78, 5) is 9.50. The summed E-state index contributed by atoms with van der Waals surface area (Å²) >= 11 is 0. The summed E-state index contributed by atoms with van der Waals surface area (Å²) in [6, 6.07) is 0.964. The number of hydrogen-bond acceptors (Lipinski definition) is 3. The first-order valence-corrected chi connectivity index (χ1v) is 7.52. The number of rotatable bonds is 6. The van der Waals surface area contributed by atoms with Gasteiger partial charge < -0.3 is 5.11 Å². The molecule has 1 N–H and O–H groups in total. The average Bonchev–Trinajstić information content (AvgIpc) is 2.36. The lowest BCUT2D eigenvalue weighted by atomic mass is 10.2. The maximum atomic E-state index is 13.7. The second-order valence-electron chi connectivity index (χ2n) is 4.38. The van der Waals surface area contributed by atoms with Gasteiger partial charge in [-0.15, -0.1) is 0 Å². The van der Waals surface area contributed by atoms with E-state index < -0.39 is 45.0 Å². The summed E-state index contributed by atoms with van der Waals surface area (Å²) in [7, 11) is -4.69. The van der Waals surface area contributed by atoms with Crippen molar-refractivity contribution in [1.29, 1.82) is 0 Å². The predicted octanol–water partition coefficient (Wildman–Crippen LogP) is 2.33. The Balaban J connectivity index is 3.39. The van der Waals surface area contributed by atoms with Gasteiger partial charge in [-0.1, -0.05) is 6.92 Å². The molecule has 0 aliphatic carbocycles. The van der Waals surface area contributed by atoms with Crippen molar-refractivity contribution in [2.24, 2.45) is 0 Å². The van der Waals surface area contributed by atoms with Crippen LogP contribution < -0.4 is 0 Å². The number of nitrogens with zero attached hydrogens (tertiary/aromatic N) is 1. The number of benzene rings is 1. The quantitative estimate of drug-likeness (QED) is 0.805. The van der Waals surface area contributed by atoms with Crippen molar-refractivity contribution in [1.82, 2.24) is 4.31 Å². The molecule has 0 fully saturated rings. The van der Waals surface area contributed by atoms with Crippen molar-refractivity contribution in [3.8, 4) is 0 Å². The highest BCUT2D eigenvalue weighted by atomic mass is 32.2. The molecule has 1 rings (SSSR count). The van der Waals surface area contributed by atoms with E-state index in [0.29, 0.717) is 16.4 Å². The molecule has 124 valence electrons. The molecule has 0 heterocycles. The normalized spacial score (nSPS) is 12.6. The van der Waals surface area contributed by atoms with E-state index in [9.17, 15) is 30.8 Å². The van der Waals surface area contributed by atoms with Crippen molar-refractivity contribution < 1.29 is 35.9 Å². The van der Waals surface area contributed by atoms with Gasteiger partial charge in [-0.05, 0) is 24.6 Å². The molecule has 0 spiro atoms. The fourth-order valence-corrected chi connectivity index (χ4v) is 3.27. The minimum atomic E-state index is -4.85. The third kappa shape index (κ3) is 4.17. The second kappa shape index (κ2) is 6.61.